The van der Waals surface area contributed by atoms with Crippen LogP contribution in [0.5, 0.6) is 0 Å². The summed E-state index contributed by atoms with van der Waals surface area (Å²) in [6.07, 6.45) is 10.8. The number of nitrogens with two attached hydrogens (primary N) is 1. The lowest BCUT2D eigenvalue weighted by Crippen LogP contribution is -2.51. The zero-order valence-corrected chi connectivity index (χ0v) is 23.4. The average Bonchev–Trinajstić information content (AvgIpc) is 3.71. The van der Waals surface area contributed by atoms with Crippen LogP contribution in [0, 0.1) is 11.8 Å². The summed E-state index contributed by atoms with van der Waals surface area (Å²) in [6, 6.07) is 17.9. The van der Waals surface area contributed by atoms with Gasteiger partial charge >= 0.3 is 0 Å². The second kappa shape index (κ2) is 10.1. The fourth-order valence-electron chi connectivity index (χ4n) is 7.73. The van der Waals surface area contributed by atoms with Crippen molar-refractivity contribution in [2.24, 2.45) is 11.8 Å². The maximum atomic E-state index is 6.29. The number of nitrogens with zero attached hydrogens (tertiary/aromatic N) is 7. The molecule has 2 unspecified atom stereocenters. The van der Waals surface area contributed by atoms with Crippen LogP contribution in [-0.2, 0) is 12.8 Å². The van der Waals surface area contributed by atoms with Gasteiger partial charge in [-0.25, -0.2) is 9.97 Å². The Morgan fingerprint density at radius 3 is 2.49 bits per heavy atom. The molecule has 3 N–H and O–H groups in total. The van der Waals surface area contributed by atoms with Gasteiger partial charge in [-0.05, 0) is 85.8 Å². The fourth-order valence-corrected chi connectivity index (χ4v) is 7.73. The van der Waals surface area contributed by atoms with E-state index in [9.17, 15) is 0 Å². The third-order valence-corrected chi connectivity index (χ3v) is 9.81. The molecule has 1 aliphatic heterocycles. The van der Waals surface area contributed by atoms with Gasteiger partial charge in [0.1, 0.15) is 0 Å². The van der Waals surface area contributed by atoms with Gasteiger partial charge in [0.2, 0.25) is 11.9 Å². The Hall–Kier alpha value is -3.98. The van der Waals surface area contributed by atoms with E-state index in [1.165, 1.54) is 54.7 Å². The summed E-state index contributed by atoms with van der Waals surface area (Å²) in [5.74, 6) is 3.07. The SMILES string of the molecule is Nc1nc(Nc2ccc(N3CCN([C@H]4CC5CCC4C5)CC3)cc2)nn1-c1ncc2c(n1)-c1ccccc1CCC2. The first kappa shape index (κ1) is 24.8. The Morgan fingerprint density at radius 1 is 0.854 bits per heavy atom. The minimum atomic E-state index is 0.249. The molecule has 2 bridgehead atoms. The number of hydrogen-bond acceptors (Lipinski definition) is 8. The van der Waals surface area contributed by atoms with E-state index in [-0.39, 0.29) is 5.95 Å². The van der Waals surface area contributed by atoms with E-state index in [2.05, 4.69) is 78.7 Å². The van der Waals surface area contributed by atoms with E-state index in [4.69, 9.17) is 10.7 Å². The molecule has 2 aromatic heterocycles. The van der Waals surface area contributed by atoms with Crippen LogP contribution in [-0.4, -0.2) is 61.9 Å². The molecule has 0 spiro atoms. The van der Waals surface area contributed by atoms with Gasteiger partial charge in [0.15, 0.2) is 0 Å². The van der Waals surface area contributed by atoms with Crippen LogP contribution >= 0.6 is 0 Å². The Kier molecular flexibility index (Phi) is 6.13. The van der Waals surface area contributed by atoms with Crippen LogP contribution in [0.2, 0.25) is 0 Å². The summed E-state index contributed by atoms with van der Waals surface area (Å²) in [7, 11) is 0. The van der Waals surface area contributed by atoms with Gasteiger partial charge in [0.25, 0.3) is 5.95 Å². The number of rotatable bonds is 5. The lowest BCUT2D eigenvalue weighted by Gasteiger charge is -2.41. The van der Waals surface area contributed by atoms with E-state index < -0.39 is 0 Å². The number of hydrogen-bond donors (Lipinski definition) is 2. The van der Waals surface area contributed by atoms with Crippen molar-refractivity contribution in [3.8, 4) is 17.2 Å². The lowest BCUT2D eigenvalue weighted by molar-refractivity contribution is 0.135. The Labute approximate surface area is 240 Å². The molecule has 3 heterocycles. The second-order valence-electron chi connectivity index (χ2n) is 12.2. The average molecular weight is 548 g/mol. The van der Waals surface area contributed by atoms with Crippen LogP contribution in [0.4, 0.5) is 23.3 Å². The number of fused-ring (bicyclic) bond motifs is 5. The molecule has 9 heteroatoms. The molecule has 8 rings (SSSR count). The normalized spacial score (nSPS) is 23.7. The second-order valence-corrected chi connectivity index (χ2v) is 12.2. The van der Waals surface area contributed by atoms with Crippen molar-refractivity contribution in [3.05, 3.63) is 65.9 Å². The third-order valence-electron chi connectivity index (χ3n) is 9.81. The van der Waals surface area contributed by atoms with Gasteiger partial charge < -0.3 is 16.0 Å². The quantitative estimate of drug-likeness (QED) is 0.366. The summed E-state index contributed by atoms with van der Waals surface area (Å²) in [5, 5.41) is 7.91. The minimum Gasteiger partial charge on any atom is -0.369 e. The maximum Gasteiger partial charge on any atom is 0.254 e. The molecule has 0 amide bonds. The van der Waals surface area contributed by atoms with Crippen molar-refractivity contribution in [3.63, 3.8) is 0 Å². The number of nitrogen functional groups attached to an aromatic ring is 1. The third kappa shape index (κ3) is 4.62. The smallest absolute Gasteiger partial charge is 0.254 e. The van der Waals surface area contributed by atoms with Gasteiger partial charge in [-0.15, -0.1) is 5.10 Å². The monoisotopic (exact) mass is 547 g/mol. The lowest BCUT2D eigenvalue weighted by atomic mass is 9.93. The number of benzene rings is 2. The van der Waals surface area contributed by atoms with Crippen molar-refractivity contribution >= 4 is 23.3 Å². The fraction of sp³-hybridized carbons (Fsp3) is 0.438. The number of anilines is 4. The molecule has 41 heavy (non-hydrogen) atoms. The highest BCUT2D eigenvalue weighted by Gasteiger charge is 2.42. The Morgan fingerprint density at radius 2 is 1.68 bits per heavy atom. The number of piperazine rings is 1. The zero-order chi connectivity index (χ0) is 27.3. The van der Waals surface area contributed by atoms with Gasteiger partial charge in [0.05, 0.1) is 5.69 Å². The molecule has 3 atom stereocenters. The van der Waals surface area contributed by atoms with Crippen molar-refractivity contribution in [2.45, 2.75) is 51.0 Å². The summed E-state index contributed by atoms with van der Waals surface area (Å²) >= 11 is 0. The molecule has 210 valence electrons. The molecule has 9 nitrogen and oxygen atoms in total. The highest BCUT2D eigenvalue weighted by atomic mass is 15.5. The van der Waals surface area contributed by atoms with Crippen LogP contribution in [0.15, 0.2) is 54.7 Å². The molecular formula is C32H37N9. The van der Waals surface area contributed by atoms with Crippen LogP contribution < -0.4 is 16.0 Å². The van der Waals surface area contributed by atoms with E-state index in [1.54, 1.807) is 0 Å². The number of aryl methyl sites for hydroxylation is 2. The summed E-state index contributed by atoms with van der Waals surface area (Å²) in [6.45, 7) is 4.53. The first-order chi connectivity index (χ1) is 20.2. The van der Waals surface area contributed by atoms with Gasteiger partial charge in [-0.2, -0.15) is 9.67 Å². The molecular weight excluding hydrogens is 510 g/mol. The molecule has 3 fully saturated rings. The van der Waals surface area contributed by atoms with Gasteiger partial charge in [0, 0.05) is 55.4 Å². The largest absolute Gasteiger partial charge is 0.369 e. The van der Waals surface area contributed by atoms with Crippen molar-refractivity contribution in [2.75, 3.05) is 42.1 Å². The van der Waals surface area contributed by atoms with E-state index in [1.807, 2.05) is 6.20 Å². The maximum absolute atomic E-state index is 6.29. The van der Waals surface area contributed by atoms with Crippen LogP contribution in [0.1, 0.15) is 43.2 Å². The molecule has 0 radical (unpaired) electrons. The molecule has 2 saturated carbocycles. The van der Waals surface area contributed by atoms with Crippen molar-refractivity contribution in [1.82, 2.24) is 29.6 Å². The predicted molar refractivity (Wildman–Crippen MR) is 162 cm³/mol. The standard InChI is InChI=1S/C32H37N9/c33-30-37-31(38-41(30)32-34-20-24-6-3-5-22-4-1-2-7-27(22)29(24)36-32)35-25-10-12-26(13-11-25)39-14-16-40(17-15-39)28-19-21-8-9-23(28)18-21/h1-2,4,7,10-13,20-21,23,28H,3,5-6,8-9,14-19H2,(H3,33,35,37,38)/t21?,23?,28-/m0/s1. The minimum absolute atomic E-state index is 0.249. The summed E-state index contributed by atoms with van der Waals surface area (Å²) in [5.41, 5.74) is 13.1. The summed E-state index contributed by atoms with van der Waals surface area (Å²) < 4.78 is 1.51. The van der Waals surface area contributed by atoms with Crippen LogP contribution in [0.25, 0.3) is 17.2 Å². The van der Waals surface area contributed by atoms with E-state index >= 15 is 0 Å². The van der Waals surface area contributed by atoms with Crippen molar-refractivity contribution < 1.29 is 0 Å². The molecule has 2 aromatic carbocycles. The van der Waals surface area contributed by atoms with Gasteiger partial charge in [-0.1, -0.05) is 30.7 Å². The molecule has 4 aliphatic rings. The molecule has 4 aromatic rings. The van der Waals surface area contributed by atoms with E-state index in [0.717, 1.165) is 72.7 Å². The molecule has 3 aliphatic carbocycles. The molecule has 1 saturated heterocycles. The highest BCUT2D eigenvalue weighted by Crippen LogP contribution is 2.46. The number of nitrogens with one attached hydrogen (secondary N) is 1. The zero-order valence-electron chi connectivity index (χ0n) is 23.4. The Bertz CT molecular complexity index is 1550. The predicted octanol–water partition coefficient (Wildman–Crippen LogP) is 4.85. The topological polar surface area (TPSA) is 101 Å². The first-order valence-corrected chi connectivity index (χ1v) is 15.2. The Balaban J connectivity index is 0.948. The summed E-state index contributed by atoms with van der Waals surface area (Å²) in [4.78, 5) is 19.2. The van der Waals surface area contributed by atoms with Crippen LogP contribution in [0.3, 0.4) is 0 Å². The van der Waals surface area contributed by atoms with Gasteiger partial charge in [-0.3, -0.25) is 4.90 Å². The van der Waals surface area contributed by atoms with Crippen molar-refractivity contribution in [1.29, 1.82) is 0 Å². The van der Waals surface area contributed by atoms with E-state index in [0.29, 0.717) is 11.9 Å². The highest BCUT2D eigenvalue weighted by molar-refractivity contribution is 5.68. The first-order valence-electron chi connectivity index (χ1n) is 15.2. The number of aromatic nitrogens is 5.